The van der Waals surface area contributed by atoms with E-state index in [2.05, 4.69) is 17.6 Å². The smallest absolute Gasteiger partial charge is 0.279 e. The average molecular weight is 308 g/mol. The lowest BCUT2D eigenvalue weighted by Crippen LogP contribution is -3.11. The molecule has 6 nitrogen and oxygen atoms in total. The van der Waals surface area contributed by atoms with Crippen LogP contribution in [-0.2, 0) is 9.59 Å². The van der Waals surface area contributed by atoms with Crippen LogP contribution < -0.4 is 20.3 Å². The summed E-state index contributed by atoms with van der Waals surface area (Å²) in [5, 5.41) is 5.65. The second kappa shape index (κ2) is 9.78. The number of methoxy groups -OCH3 is 1. The van der Waals surface area contributed by atoms with Crippen LogP contribution in [0.4, 0.5) is 5.69 Å². The zero-order valence-corrected chi connectivity index (χ0v) is 13.6. The number of hydrogen-bond acceptors (Lipinski definition) is 3. The molecule has 0 bridgehead atoms. The van der Waals surface area contributed by atoms with Crippen LogP contribution in [0.2, 0.25) is 0 Å². The molecule has 1 unspecified atom stereocenters. The largest absolute Gasteiger partial charge is 0.497 e. The van der Waals surface area contributed by atoms with Gasteiger partial charge in [-0.05, 0) is 18.6 Å². The number of likely N-dealkylation sites (N-methyl/N-ethyl adjacent to an activating group) is 1. The SMILES string of the molecule is CCCCNC(=O)C[NH+](C)CC(=O)Nc1cccc(OC)c1. The van der Waals surface area contributed by atoms with Crippen LogP contribution in [0.1, 0.15) is 19.8 Å². The molecule has 22 heavy (non-hydrogen) atoms. The fourth-order valence-corrected chi connectivity index (χ4v) is 1.98. The Morgan fingerprint density at radius 2 is 1.95 bits per heavy atom. The number of rotatable bonds is 9. The molecule has 1 aromatic carbocycles. The second-order valence-corrected chi connectivity index (χ2v) is 5.29. The van der Waals surface area contributed by atoms with Crippen molar-refractivity contribution < 1.29 is 19.2 Å². The zero-order valence-electron chi connectivity index (χ0n) is 13.6. The van der Waals surface area contributed by atoms with E-state index >= 15 is 0 Å². The van der Waals surface area contributed by atoms with Crippen LogP contribution in [0.3, 0.4) is 0 Å². The fourth-order valence-electron chi connectivity index (χ4n) is 1.98. The zero-order chi connectivity index (χ0) is 16.4. The Bertz CT molecular complexity index is 491. The third-order valence-electron chi connectivity index (χ3n) is 3.13. The van der Waals surface area contributed by atoms with Crippen molar-refractivity contribution in [3.8, 4) is 5.75 Å². The molecule has 0 radical (unpaired) electrons. The van der Waals surface area contributed by atoms with Crippen LogP contribution in [0.15, 0.2) is 24.3 Å². The molecule has 0 aliphatic carbocycles. The quantitative estimate of drug-likeness (QED) is 0.565. The van der Waals surface area contributed by atoms with Gasteiger partial charge in [-0.15, -0.1) is 0 Å². The number of anilines is 1. The first-order valence-electron chi connectivity index (χ1n) is 7.57. The number of hydrogen-bond donors (Lipinski definition) is 3. The Morgan fingerprint density at radius 3 is 2.64 bits per heavy atom. The molecule has 122 valence electrons. The standard InChI is InChI=1S/C16H25N3O3/c1-4-5-9-17-15(20)11-19(2)12-16(21)18-13-7-6-8-14(10-13)22-3/h6-8,10H,4-5,9,11-12H2,1-3H3,(H,17,20)(H,18,21)/p+1. The number of unbranched alkanes of at least 4 members (excludes halogenated alkanes) is 1. The summed E-state index contributed by atoms with van der Waals surface area (Å²) in [6, 6.07) is 7.18. The Hall–Kier alpha value is -2.08. The van der Waals surface area contributed by atoms with Gasteiger partial charge in [-0.25, -0.2) is 0 Å². The Labute approximate surface area is 131 Å². The lowest BCUT2D eigenvalue weighted by atomic mass is 10.3. The van der Waals surface area contributed by atoms with E-state index in [4.69, 9.17) is 4.74 Å². The third kappa shape index (κ3) is 7.08. The van der Waals surface area contributed by atoms with Gasteiger partial charge in [0.2, 0.25) is 0 Å². The van der Waals surface area contributed by atoms with E-state index in [1.165, 1.54) is 0 Å². The first-order chi connectivity index (χ1) is 10.5. The summed E-state index contributed by atoms with van der Waals surface area (Å²) in [7, 11) is 3.40. The number of carbonyl (C=O) groups excluding carboxylic acids is 2. The van der Waals surface area contributed by atoms with Gasteiger partial charge in [0, 0.05) is 18.3 Å². The van der Waals surface area contributed by atoms with Crippen molar-refractivity contribution in [2.24, 2.45) is 0 Å². The summed E-state index contributed by atoms with van der Waals surface area (Å²) >= 11 is 0. The molecule has 1 atom stereocenters. The predicted molar refractivity (Wildman–Crippen MR) is 86.2 cm³/mol. The highest BCUT2D eigenvalue weighted by atomic mass is 16.5. The first-order valence-corrected chi connectivity index (χ1v) is 7.57. The first kappa shape index (κ1) is 18.0. The van der Waals surface area contributed by atoms with Crippen molar-refractivity contribution in [3.05, 3.63) is 24.3 Å². The van der Waals surface area contributed by atoms with Gasteiger partial charge in [0.1, 0.15) is 5.75 Å². The molecule has 0 heterocycles. The van der Waals surface area contributed by atoms with Crippen molar-refractivity contribution >= 4 is 17.5 Å². The van der Waals surface area contributed by atoms with Gasteiger partial charge in [0.15, 0.2) is 13.1 Å². The number of nitrogens with one attached hydrogen (secondary N) is 3. The van der Waals surface area contributed by atoms with E-state index in [1.54, 1.807) is 19.2 Å². The van der Waals surface area contributed by atoms with Crippen LogP contribution >= 0.6 is 0 Å². The molecule has 1 aromatic rings. The molecule has 2 amide bonds. The van der Waals surface area contributed by atoms with E-state index in [0.717, 1.165) is 17.7 Å². The topological polar surface area (TPSA) is 71.9 Å². The fraction of sp³-hybridized carbons (Fsp3) is 0.500. The monoisotopic (exact) mass is 308 g/mol. The summed E-state index contributed by atoms with van der Waals surface area (Å²) < 4.78 is 5.11. The van der Waals surface area contributed by atoms with E-state index < -0.39 is 0 Å². The van der Waals surface area contributed by atoms with Crippen LogP contribution in [0.25, 0.3) is 0 Å². The van der Waals surface area contributed by atoms with Gasteiger partial charge in [-0.2, -0.15) is 0 Å². The molecule has 3 N–H and O–H groups in total. The maximum absolute atomic E-state index is 12.0. The second-order valence-electron chi connectivity index (χ2n) is 5.29. The van der Waals surface area contributed by atoms with Crippen molar-refractivity contribution in [3.63, 3.8) is 0 Å². The van der Waals surface area contributed by atoms with Crippen molar-refractivity contribution in [1.29, 1.82) is 0 Å². The van der Waals surface area contributed by atoms with Crippen molar-refractivity contribution in [2.45, 2.75) is 19.8 Å². The number of amides is 2. The van der Waals surface area contributed by atoms with E-state index in [1.807, 2.05) is 19.2 Å². The number of benzene rings is 1. The summed E-state index contributed by atoms with van der Waals surface area (Å²) in [5.41, 5.74) is 0.685. The molecule has 0 saturated heterocycles. The molecule has 0 spiro atoms. The van der Waals surface area contributed by atoms with Gasteiger partial charge >= 0.3 is 0 Å². The molecular weight excluding hydrogens is 282 g/mol. The van der Waals surface area contributed by atoms with Gasteiger partial charge in [-0.1, -0.05) is 19.4 Å². The maximum atomic E-state index is 12.0. The van der Waals surface area contributed by atoms with E-state index in [9.17, 15) is 9.59 Å². The Kier molecular flexibility index (Phi) is 7.99. The van der Waals surface area contributed by atoms with Crippen LogP contribution in [0, 0.1) is 0 Å². The molecular formula is C16H26N3O3+. The number of ether oxygens (including phenoxy) is 1. The summed E-state index contributed by atoms with van der Waals surface area (Å²) in [6.45, 7) is 3.29. The van der Waals surface area contributed by atoms with Crippen LogP contribution in [-0.4, -0.2) is 45.6 Å². The molecule has 6 heteroatoms. The molecule has 0 aromatic heterocycles. The maximum Gasteiger partial charge on any atom is 0.279 e. The summed E-state index contributed by atoms with van der Waals surface area (Å²) in [5.74, 6) is 0.529. The molecule has 1 rings (SSSR count). The lowest BCUT2D eigenvalue weighted by molar-refractivity contribution is -0.862. The Morgan fingerprint density at radius 1 is 1.23 bits per heavy atom. The van der Waals surface area contributed by atoms with E-state index in [-0.39, 0.29) is 24.9 Å². The van der Waals surface area contributed by atoms with Crippen LogP contribution in [0.5, 0.6) is 5.75 Å². The highest BCUT2D eigenvalue weighted by Crippen LogP contribution is 2.16. The molecule has 0 fully saturated rings. The normalized spacial score (nSPS) is 11.6. The van der Waals surface area contributed by atoms with Gasteiger partial charge < -0.3 is 20.3 Å². The summed E-state index contributed by atoms with van der Waals surface area (Å²) in [6.07, 6.45) is 2.02. The number of carbonyl (C=O) groups is 2. The molecule has 0 aliphatic rings. The minimum absolute atomic E-state index is 0.0277. The minimum atomic E-state index is -0.132. The predicted octanol–water partition coefficient (Wildman–Crippen LogP) is 0.0647. The molecule has 0 aliphatic heterocycles. The third-order valence-corrected chi connectivity index (χ3v) is 3.13. The highest BCUT2D eigenvalue weighted by molar-refractivity contribution is 5.91. The van der Waals surface area contributed by atoms with Crippen molar-refractivity contribution in [1.82, 2.24) is 5.32 Å². The van der Waals surface area contributed by atoms with Gasteiger partial charge in [-0.3, -0.25) is 9.59 Å². The van der Waals surface area contributed by atoms with Crippen molar-refractivity contribution in [2.75, 3.05) is 39.1 Å². The molecule has 0 saturated carbocycles. The van der Waals surface area contributed by atoms with Gasteiger partial charge in [0.25, 0.3) is 11.8 Å². The summed E-state index contributed by atoms with van der Waals surface area (Å²) in [4.78, 5) is 24.5. The Balaban J connectivity index is 2.35. The van der Waals surface area contributed by atoms with E-state index in [0.29, 0.717) is 18.0 Å². The average Bonchev–Trinajstić information content (AvgIpc) is 2.47. The highest BCUT2D eigenvalue weighted by Gasteiger charge is 2.14. The van der Waals surface area contributed by atoms with Gasteiger partial charge in [0.05, 0.1) is 14.2 Å². The lowest BCUT2D eigenvalue weighted by Gasteiger charge is -2.14. The number of quaternary nitrogens is 1. The minimum Gasteiger partial charge on any atom is -0.497 e.